The SMILES string of the molecule is Cc1oc(-c2ccccc2)nc1CCOc1ccc(CN(C(=O)OCc2ccccc2)[C@@H](C)C(=O)O)cc1. The minimum atomic E-state index is -1.11. The summed E-state index contributed by atoms with van der Waals surface area (Å²) in [6.45, 7) is 3.90. The van der Waals surface area contributed by atoms with Gasteiger partial charge < -0.3 is 19.0 Å². The van der Waals surface area contributed by atoms with Crippen molar-refractivity contribution >= 4 is 12.1 Å². The molecule has 4 aromatic rings. The molecule has 38 heavy (non-hydrogen) atoms. The summed E-state index contributed by atoms with van der Waals surface area (Å²) < 4.78 is 17.1. The summed E-state index contributed by atoms with van der Waals surface area (Å²) in [5.41, 5.74) is 3.34. The quantitative estimate of drug-likeness (QED) is 0.266. The van der Waals surface area contributed by atoms with E-state index < -0.39 is 18.1 Å². The second kappa shape index (κ2) is 12.6. The number of oxazole rings is 1. The Hall–Kier alpha value is -4.59. The Morgan fingerprint density at radius 2 is 1.61 bits per heavy atom. The van der Waals surface area contributed by atoms with Crippen molar-refractivity contribution in [1.29, 1.82) is 0 Å². The van der Waals surface area contributed by atoms with Gasteiger partial charge >= 0.3 is 12.1 Å². The van der Waals surface area contributed by atoms with Gasteiger partial charge in [-0.2, -0.15) is 0 Å². The standard InChI is InChI=1S/C30H30N2O6/c1-21(29(33)34)32(30(35)37-20-24-9-5-3-6-10-24)19-23-13-15-26(16-14-23)36-18-17-27-22(2)38-28(31-27)25-11-7-4-8-12-25/h3-16,21H,17-20H2,1-2H3,(H,33,34)/t21-/m0/s1. The molecule has 8 heteroatoms. The Kier molecular flexibility index (Phi) is 8.77. The average molecular weight is 515 g/mol. The van der Waals surface area contributed by atoms with Crippen molar-refractivity contribution < 1.29 is 28.6 Å². The van der Waals surface area contributed by atoms with E-state index in [-0.39, 0.29) is 13.2 Å². The molecular formula is C30H30N2O6. The number of carbonyl (C=O) groups excluding carboxylic acids is 1. The maximum absolute atomic E-state index is 12.7. The average Bonchev–Trinajstić information content (AvgIpc) is 3.32. The predicted molar refractivity (Wildman–Crippen MR) is 142 cm³/mol. The van der Waals surface area contributed by atoms with Gasteiger partial charge in [-0.3, -0.25) is 4.90 Å². The molecule has 4 rings (SSSR count). The molecule has 0 aliphatic rings. The zero-order chi connectivity index (χ0) is 26.9. The van der Waals surface area contributed by atoms with Crippen LogP contribution in [0.25, 0.3) is 11.5 Å². The van der Waals surface area contributed by atoms with Crippen LogP contribution in [0.5, 0.6) is 5.75 Å². The highest BCUT2D eigenvalue weighted by Crippen LogP contribution is 2.22. The Balaban J connectivity index is 1.32. The molecule has 3 aromatic carbocycles. The Morgan fingerprint density at radius 1 is 0.947 bits per heavy atom. The van der Waals surface area contributed by atoms with Crippen LogP contribution in [0.2, 0.25) is 0 Å². The van der Waals surface area contributed by atoms with Gasteiger partial charge in [0.05, 0.1) is 12.3 Å². The van der Waals surface area contributed by atoms with Gasteiger partial charge in [0.25, 0.3) is 0 Å². The number of aromatic nitrogens is 1. The summed E-state index contributed by atoms with van der Waals surface area (Å²) in [5, 5.41) is 9.50. The van der Waals surface area contributed by atoms with Gasteiger partial charge in [0.15, 0.2) is 0 Å². The molecule has 0 saturated heterocycles. The fourth-order valence-electron chi connectivity index (χ4n) is 3.81. The van der Waals surface area contributed by atoms with Crippen molar-refractivity contribution in [3.63, 3.8) is 0 Å². The number of carboxylic acid groups (broad SMARTS) is 1. The number of carbonyl (C=O) groups is 2. The number of ether oxygens (including phenoxy) is 2. The maximum Gasteiger partial charge on any atom is 0.411 e. The second-order valence-corrected chi connectivity index (χ2v) is 8.81. The Labute approximate surface area is 221 Å². The van der Waals surface area contributed by atoms with E-state index >= 15 is 0 Å². The lowest BCUT2D eigenvalue weighted by atomic mass is 10.2. The summed E-state index contributed by atoms with van der Waals surface area (Å²) in [4.78, 5) is 30.1. The molecule has 1 N–H and O–H groups in total. The molecule has 0 unspecified atom stereocenters. The summed E-state index contributed by atoms with van der Waals surface area (Å²) >= 11 is 0. The molecule has 8 nitrogen and oxygen atoms in total. The first-order valence-corrected chi connectivity index (χ1v) is 12.3. The number of hydrogen-bond acceptors (Lipinski definition) is 6. The lowest BCUT2D eigenvalue weighted by Gasteiger charge is -2.26. The molecule has 0 saturated carbocycles. The van der Waals surface area contributed by atoms with Crippen molar-refractivity contribution in [3.05, 3.63) is 108 Å². The van der Waals surface area contributed by atoms with E-state index in [4.69, 9.17) is 13.9 Å². The topological polar surface area (TPSA) is 102 Å². The number of rotatable bonds is 11. The predicted octanol–water partition coefficient (Wildman–Crippen LogP) is 5.88. The number of nitrogens with zero attached hydrogens (tertiary/aromatic N) is 2. The van der Waals surface area contributed by atoms with Crippen molar-refractivity contribution in [1.82, 2.24) is 9.88 Å². The minimum absolute atomic E-state index is 0.0626. The number of aryl methyl sites for hydroxylation is 1. The van der Waals surface area contributed by atoms with Crippen molar-refractivity contribution in [2.45, 2.75) is 39.5 Å². The number of amides is 1. The van der Waals surface area contributed by atoms with E-state index in [1.165, 1.54) is 11.8 Å². The third kappa shape index (κ3) is 7.00. The fraction of sp³-hybridized carbons (Fsp3) is 0.233. The van der Waals surface area contributed by atoms with Crippen LogP contribution in [0.3, 0.4) is 0 Å². The van der Waals surface area contributed by atoms with Crippen molar-refractivity contribution in [2.24, 2.45) is 0 Å². The van der Waals surface area contributed by atoms with Crippen LogP contribution in [0.4, 0.5) is 4.79 Å². The van der Waals surface area contributed by atoms with Crippen LogP contribution < -0.4 is 4.74 Å². The molecular weight excluding hydrogens is 484 g/mol. The van der Waals surface area contributed by atoms with Crippen LogP contribution in [-0.2, 0) is 29.1 Å². The molecule has 0 aliphatic heterocycles. The molecule has 0 fully saturated rings. The first kappa shape index (κ1) is 26.5. The molecule has 196 valence electrons. The molecule has 0 spiro atoms. The van der Waals surface area contributed by atoms with Gasteiger partial charge in [0.2, 0.25) is 5.89 Å². The second-order valence-electron chi connectivity index (χ2n) is 8.81. The van der Waals surface area contributed by atoms with E-state index in [9.17, 15) is 14.7 Å². The van der Waals surface area contributed by atoms with Crippen LogP contribution in [0, 0.1) is 6.92 Å². The van der Waals surface area contributed by atoms with Gasteiger partial charge in [-0.25, -0.2) is 14.6 Å². The van der Waals surface area contributed by atoms with Gasteiger partial charge in [-0.05, 0) is 49.2 Å². The lowest BCUT2D eigenvalue weighted by Crippen LogP contribution is -2.43. The fourth-order valence-corrected chi connectivity index (χ4v) is 3.81. The normalized spacial score (nSPS) is 11.5. The minimum Gasteiger partial charge on any atom is -0.493 e. The highest BCUT2D eigenvalue weighted by atomic mass is 16.6. The van der Waals surface area contributed by atoms with Gasteiger partial charge in [-0.15, -0.1) is 0 Å². The zero-order valence-corrected chi connectivity index (χ0v) is 21.4. The van der Waals surface area contributed by atoms with Gasteiger partial charge in [-0.1, -0.05) is 60.7 Å². The monoisotopic (exact) mass is 514 g/mol. The number of carboxylic acids is 1. The van der Waals surface area contributed by atoms with E-state index in [2.05, 4.69) is 4.98 Å². The lowest BCUT2D eigenvalue weighted by molar-refractivity contribution is -0.142. The molecule has 1 atom stereocenters. The highest BCUT2D eigenvalue weighted by molar-refractivity contribution is 5.79. The largest absolute Gasteiger partial charge is 0.493 e. The van der Waals surface area contributed by atoms with Crippen molar-refractivity contribution in [2.75, 3.05) is 6.61 Å². The molecule has 0 bridgehead atoms. The van der Waals surface area contributed by atoms with Crippen LogP contribution in [0.15, 0.2) is 89.3 Å². The molecule has 1 amide bonds. The highest BCUT2D eigenvalue weighted by Gasteiger charge is 2.27. The molecule has 1 aromatic heterocycles. The van der Waals surface area contributed by atoms with Crippen LogP contribution in [0.1, 0.15) is 29.5 Å². The van der Waals surface area contributed by atoms with E-state index in [0.29, 0.717) is 24.7 Å². The van der Waals surface area contributed by atoms with Crippen LogP contribution in [-0.4, -0.2) is 39.7 Å². The Morgan fingerprint density at radius 3 is 2.26 bits per heavy atom. The summed E-state index contributed by atoms with van der Waals surface area (Å²) in [7, 11) is 0. The van der Waals surface area contributed by atoms with Crippen LogP contribution >= 0.6 is 0 Å². The smallest absolute Gasteiger partial charge is 0.411 e. The molecule has 1 heterocycles. The van der Waals surface area contributed by atoms with Gasteiger partial charge in [0, 0.05) is 18.5 Å². The zero-order valence-electron chi connectivity index (χ0n) is 21.4. The number of aliphatic carboxylic acids is 1. The van der Waals surface area contributed by atoms with E-state index in [1.54, 1.807) is 24.3 Å². The van der Waals surface area contributed by atoms with Crippen molar-refractivity contribution in [3.8, 4) is 17.2 Å². The van der Waals surface area contributed by atoms with Gasteiger partial charge in [0.1, 0.15) is 24.2 Å². The molecule has 0 aliphatic carbocycles. The third-order valence-electron chi connectivity index (χ3n) is 6.06. The first-order chi connectivity index (χ1) is 18.4. The summed E-state index contributed by atoms with van der Waals surface area (Å²) in [6.07, 6.45) is -0.108. The first-order valence-electron chi connectivity index (χ1n) is 12.3. The number of benzene rings is 3. The maximum atomic E-state index is 12.7. The van der Waals surface area contributed by atoms with E-state index in [0.717, 1.165) is 28.1 Å². The summed E-state index contributed by atoms with van der Waals surface area (Å²) in [5.74, 6) is 0.891. The number of hydrogen-bond donors (Lipinski definition) is 1. The van der Waals surface area contributed by atoms with E-state index in [1.807, 2.05) is 67.6 Å². The summed E-state index contributed by atoms with van der Waals surface area (Å²) in [6, 6.07) is 25.1. The Bertz CT molecular complexity index is 1340. The third-order valence-corrected chi connectivity index (χ3v) is 6.06. The molecule has 0 radical (unpaired) electrons.